The second kappa shape index (κ2) is 2.85. The van der Waals surface area contributed by atoms with Crippen molar-refractivity contribution >= 4 is 0 Å². The number of alkyl halides is 3. The van der Waals surface area contributed by atoms with Crippen LogP contribution >= 0.6 is 0 Å². The third-order valence-corrected chi connectivity index (χ3v) is 0.433. The van der Waals surface area contributed by atoms with Crippen LogP contribution in [0.2, 0.25) is 0 Å². The van der Waals surface area contributed by atoms with Crippen LogP contribution in [-0.2, 0) is 5.11 Å². The molecule has 0 saturated heterocycles. The highest BCUT2D eigenvalue weighted by atomic mass is 19.3. The van der Waals surface area contributed by atoms with Crippen LogP contribution in [0.3, 0.4) is 0 Å². The predicted octanol–water partition coefficient (Wildman–Crippen LogP) is 1.02. The van der Waals surface area contributed by atoms with Crippen LogP contribution in [-0.4, -0.2) is 19.2 Å². The summed E-state index contributed by atoms with van der Waals surface area (Å²) in [4.78, 5) is 0. The Labute approximate surface area is 38.8 Å². The van der Waals surface area contributed by atoms with E-state index in [1.807, 2.05) is 0 Å². The normalized spacial score (nSPS) is 15.0. The van der Waals surface area contributed by atoms with Crippen molar-refractivity contribution in [2.45, 2.75) is 12.6 Å². The van der Waals surface area contributed by atoms with E-state index in [4.69, 9.17) is 0 Å². The zero-order valence-electron chi connectivity index (χ0n) is 3.40. The lowest BCUT2D eigenvalue weighted by Crippen LogP contribution is -2.14. The van der Waals surface area contributed by atoms with Crippen molar-refractivity contribution in [3.63, 3.8) is 0 Å². The van der Waals surface area contributed by atoms with Crippen LogP contribution in [0.5, 0.6) is 0 Å². The molecule has 0 amide bonds. The summed E-state index contributed by atoms with van der Waals surface area (Å²) in [6.07, 6.45) is -5.60. The van der Waals surface area contributed by atoms with E-state index in [1.54, 1.807) is 0 Å². The van der Waals surface area contributed by atoms with Crippen molar-refractivity contribution in [2.24, 2.45) is 0 Å². The summed E-state index contributed by atoms with van der Waals surface area (Å²) in [5, 5.41) is 9.22. The van der Waals surface area contributed by atoms with Crippen LogP contribution in [0.15, 0.2) is 0 Å². The molecular weight excluding hydrogens is 109 g/mol. The maximum Gasteiger partial charge on any atom is 0.271 e. The van der Waals surface area contributed by atoms with Crippen molar-refractivity contribution in [1.29, 1.82) is 0 Å². The SMILES string of the molecule is [O]CC(F)C(F)F. The number of halogens is 3. The molecular formula is C3H4F3O. The van der Waals surface area contributed by atoms with Gasteiger partial charge >= 0.3 is 0 Å². The van der Waals surface area contributed by atoms with E-state index in [-0.39, 0.29) is 0 Å². The molecule has 0 bridgehead atoms. The van der Waals surface area contributed by atoms with Gasteiger partial charge < -0.3 is 0 Å². The Morgan fingerprint density at radius 3 is 1.71 bits per heavy atom. The molecule has 0 aromatic rings. The molecule has 7 heavy (non-hydrogen) atoms. The van der Waals surface area contributed by atoms with Gasteiger partial charge in [0.2, 0.25) is 0 Å². The number of hydrogen-bond donors (Lipinski definition) is 0. The third-order valence-electron chi connectivity index (χ3n) is 0.433. The summed E-state index contributed by atoms with van der Waals surface area (Å²) in [5.74, 6) is 0. The molecule has 0 aliphatic rings. The standard InChI is InChI=1S/C3H4F3O/c4-2(1-7)3(5)6/h2-3H,1H2. The first-order valence-corrected chi connectivity index (χ1v) is 1.68. The van der Waals surface area contributed by atoms with Crippen LogP contribution in [0.4, 0.5) is 13.2 Å². The largest absolute Gasteiger partial charge is 0.271 e. The van der Waals surface area contributed by atoms with Gasteiger partial charge in [-0.2, -0.15) is 0 Å². The quantitative estimate of drug-likeness (QED) is 0.509. The van der Waals surface area contributed by atoms with E-state index < -0.39 is 19.2 Å². The minimum atomic E-state index is -3.11. The molecule has 1 atom stereocenters. The lowest BCUT2D eigenvalue weighted by atomic mass is 10.4. The van der Waals surface area contributed by atoms with Crippen LogP contribution in [0.25, 0.3) is 0 Å². The smallest absolute Gasteiger partial charge is 0.238 e. The van der Waals surface area contributed by atoms with Gasteiger partial charge in [0.25, 0.3) is 6.43 Å². The molecule has 0 aromatic heterocycles. The summed E-state index contributed by atoms with van der Waals surface area (Å²) < 4.78 is 32.9. The Bertz CT molecular complexity index is 47.4. The molecule has 0 N–H and O–H groups in total. The van der Waals surface area contributed by atoms with Gasteiger partial charge in [-0.15, -0.1) is 0 Å². The van der Waals surface area contributed by atoms with E-state index in [2.05, 4.69) is 0 Å². The van der Waals surface area contributed by atoms with Crippen molar-refractivity contribution in [2.75, 3.05) is 6.61 Å². The second-order valence-corrected chi connectivity index (χ2v) is 1.02. The monoisotopic (exact) mass is 113 g/mol. The zero-order valence-corrected chi connectivity index (χ0v) is 3.40. The molecule has 0 saturated carbocycles. The average molecular weight is 113 g/mol. The van der Waals surface area contributed by atoms with Crippen molar-refractivity contribution in [3.8, 4) is 0 Å². The molecule has 0 rings (SSSR count). The van der Waals surface area contributed by atoms with Gasteiger partial charge in [-0.05, 0) is 0 Å². The molecule has 43 valence electrons. The Morgan fingerprint density at radius 2 is 1.71 bits per heavy atom. The Balaban J connectivity index is 3.14. The van der Waals surface area contributed by atoms with Crippen molar-refractivity contribution < 1.29 is 18.3 Å². The third kappa shape index (κ3) is 2.45. The summed E-state index contributed by atoms with van der Waals surface area (Å²) in [6, 6.07) is 0. The predicted molar refractivity (Wildman–Crippen MR) is 16.5 cm³/mol. The van der Waals surface area contributed by atoms with E-state index in [0.29, 0.717) is 0 Å². The van der Waals surface area contributed by atoms with Crippen LogP contribution in [0, 0.1) is 0 Å². The van der Waals surface area contributed by atoms with Gasteiger partial charge in [0.1, 0.15) is 6.61 Å². The number of rotatable bonds is 2. The van der Waals surface area contributed by atoms with E-state index in [1.165, 1.54) is 0 Å². The molecule has 0 fully saturated rings. The maximum atomic E-state index is 11.2. The summed E-state index contributed by atoms with van der Waals surface area (Å²) in [5.41, 5.74) is 0. The first kappa shape index (κ1) is 6.75. The fourth-order valence-electron chi connectivity index (χ4n) is 0.0727. The zero-order chi connectivity index (χ0) is 5.86. The fraction of sp³-hybridized carbons (Fsp3) is 1.00. The highest BCUT2D eigenvalue weighted by Gasteiger charge is 2.17. The maximum absolute atomic E-state index is 11.2. The van der Waals surface area contributed by atoms with Gasteiger partial charge in [-0.1, -0.05) is 0 Å². The molecule has 0 aromatic carbocycles. The minimum Gasteiger partial charge on any atom is -0.238 e. The fourth-order valence-corrected chi connectivity index (χ4v) is 0.0727. The molecule has 4 heteroatoms. The van der Waals surface area contributed by atoms with Crippen LogP contribution < -0.4 is 0 Å². The highest BCUT2D eigenvalue weighted by molar-refractivity contribution is 4.52. The van der Waals surface area contributed by atoms with Gasteiger partial charge in [-0.3, -0.25) is 0 Å². The van der Waals surface area contributed by atoms with Crippen LogP contribution in [0.1, 0.15) is 0 Å². The Kier molecular flexibility index (Phi) is 2.75. The summed E-state index contributed by atoms with van der Waals surface area (Å²) in [7, 11) is 0. The second-order valence-electron chi connectivity index (χ2n) is 1.02. The lowest BCUT2D eigenvalue weighted by molar-refractivity contribution is -0.00247. The van der Waals surface area contributed by atoms with Gasteiger partial charge in [0, 0.05) is 0 Å². The highest BCUT2D eigenvalue weighted by Crippen LogP contribution is 2.02. The molecule has 1 radical (unpaired) electrons. The molecule has 1 nitrogen and oxygen atoms in total. The van der Waals surface area contributed by atoms with E-state index in [9.17, 15) is 18.3 Å². The first-order valence-electron chi connectivity index (χ1n) is 1.68. The van der Waals surface area contributed by atoms with Gasteiger partial charge in [-0.25, -0.2) is 18.3 Å². The Morgan fingerprint density at radius 1 is 1.29 bits per heavy atom. The topological polar surface area (TPSA) is 19.9 Å². The Hall–Kier alpha value is -0.250. The van der Waals surface area contributed by atoms with Gasteiger partial charge in [0.05, 0.1) is 0 Å². The minimum absolute atomic E-state index is 1.35. The molecule has 0 spiro atoms. The van der Waals surface area contributed by atoms with Crippen molar-refractivity contribution in [1.82, 2.24) is 0 Å². The lowest BCUT2D eigenvalue weighted by Gasteiger charge is -1.96. The molecule has 0 heterocycles. The summed E-state index contributed by atoms with van der Waals surface area (Å²) in [6.45, 7) is -1.35. The molecule has 1 unspecified atom stereocenters. The summed E-state index contributed by atoms with van der Waals surface area (Å²) >= 11 is 0. The average Bonchev–Trinajstić information content (AvgIpc) is 1.65. The molecule has 0 aliphatic heterocycles. The van der Waals surface area contributed by atoms with E-state index >= 15 is 0 Å². The first-order chi connectivity index (χ1) is 3.18. The van der Waals surface area contributed by atoms with Gasteiger partial charge in [0.15, 0.2) is 6.17 Å². The van der Waals surface area contributed by atoms with E-state index in [0.717, 1.165) is 0 Å². The van der Waals surface area contributed by atoms with Crippen molar-refractivity contribution in [3.05, 3.63) is 0 Å². The molecule has 0 aliphatic carbocycles. The number of hydrogen-bond acceptors (Lipinski definition) is 0.